The predicted octanol–water partition coefficient (Wildman–Crippen LogP) is 9.39. The quantitative estimate of drug-likeness (QED) is 0.0688. The van der Waals surface area contributed by atoms with Crippen molar-refractivity contribution in [2.75, 3.05) is 6.61 Å². The van der Waals surface area contributed by atoms with Gasteiger partial charge in [-0.2, -0.15) is 0 Å². The fraction of sp³-hybridized carbons (Fsp3) is 0.256. The maximum Gasteiger partial charge on any atom is 0.338 e. The van der Waals surface area contributed by atoms with E-state index in [0.717, 1.165) is 23.1 Å². The van der Waals surface area contributed by atoms with Crippen LogP contribution in [0.25, 0.3) is 0 Å². The molecule has 51 heavy (non-hydrogen) atoms. The summed E-state index contributed by atoms with van der Waals surface area (Å²) in [5, 5.41) is 0. The Bertz CT molecular complexity index is 1850. The van der Waals surface area contributed by atoms with E-state index in [0.29, 0.717) is 29.9 Å². The molecule has 0 saturated carbocycles. The van der Waals surface area contributed by atoms with E-state index in [1.807, 2.05) is 103 Å². The molecular weight excluding hydrogens is 644 g/mol. The van der Waals surface area contributed by atoms with Crippen molar-refractivity contribution in [2.45, 2.75) is 65.1 Å². The zero-order valence-corrected chi connectivity index (χ0v) is 29.1. The number of ether oxygens (including phenoxy) is 4. The average Bonchev–Trinajstić information content (AvgIpc) is 3.15. The molecule has 0 aliphatic carbocycles. The van der Waals surface area contributed by atoms with Gasteiger partial charge in [0.1, 0.15) is 54.3 Å². The Hall–Kier alpha value is -5.44. The highest BCUT2D eigenvalue weighted by atomic mass is 17.2. The van der Waals surface area contributed by atoms with Gasteiger partial charge in [0.05, 0.1) is 17.7 Å². The number of esters is 1. The molecule has 1 saturated heterocycles. The summed E-state index contributed by atoms with van der Waals surface area (Å²) in [4.78, 5) is 39.9. The van der Waals surface area contributed by atoms with Crippen molar-refractivity contribution in [1.29, 1.82) is 0 Å². The van der Waals surface area contributed by atoms with Crippen LogP contribution in [0.3, 0.4) is 0 Å². The lowest BCUT2D eigenvalue weighted by Gasteiger charge is -2.25. The monoisotopic (exact) mass is 686 g/mol. The first-order chi connectivity index (χ1) is 24.7. The van der Waals surface area contributed by atoms with Crippen molar-refractivity contribution in [2.24, 2.45) is 0 Å². The Morgan fingerprint density at radius 3 is 1.63 bits per heavy atom. The van der Waals surface area contributed by atoms with E-state index in [1.54, 1.807) is 39.0 Å². The molecule has 1 aliphatic rings. The summed E-state index contributed by atoms with van der Waals surface area (Å²) in [5.41, 5.74) is 3.18. The van der Waals surface area contributed by atoms with Crippen LogP contribution in [0.5, 0.6) is 17.2 Å². The van der Waals surface area contributed by atoms with Crippen LogP contribution in [-0.2, 0) is 34.3 Å². The number of hydrogen-bond acceptors (Lipinski definition) is 8. The molecule has 8 nitrogen and oxygen atoms in total. The molecule has 1 aliphatic heterocycles. The van der Waals surface area contributed by atoms with E-state index in [2.05, 4.69) is 0 Å². The lowest BCUT2D eigenvalue weighted by atomic mass is 9.91. The summed E-state index contributed by atoms with van der Waals surface area (Å²) in [6.45, 7) is 6.36. The highest BCUT2D eigenvalue weighted by Gasteiger charge is 2.32. The molecule has 0 spiro atoms. The fourth-order valence-electron chi connectivity index (χ4n) is 5.72. The van der Waals surface area contributed by atoms with Gasteiger partial charge in [0.15, 0.2) is 0 Å². The normalized spacial score (nSPS) is 14.4. The van der Waals surface area contributed by atoms with Gasteiger partial charge in [-0.15, -0.1) is 0 Å². The highest BCUT2D eigenvalue weighted by molar-refractivity contribution is 6.15. The van der Waals surface area contributed by atoms with E-state index >= 15 is 4.79 Å². The Morgan fingerprint density at radius 1 is 0.647 bits per heavy atom. The van der Waals surface area contributed by atoms with Crippen LogP contribution in [0.1, 0.15) is 88.3 Å². The molecule has 1 unspecified atom stereocenters. The third-order valence-electron chi connectivity index (χ3n) is 8.15. The number of rotatable bonds is 13. The molecule has 1 heterocycles. The zero-order chi connectivity index (χ0) is 35.6. The molecule has 0 radical (unpaired) electrons. The summed E-state index contributed by atoms with van der Waals surface area (Å²) in [6, 6.07) is 37.5. The molecule has 6 rings (SSSR count). The second-order valence-corrected chi connectivity index (χ2v) is 13.3. The van der Waals surface area contributed by atoms with Crippen molar-refractivity contribution in [3.63, 3.8) is 0 Å². The molecular formula is C43H42O8. The molecule has 0 aromatic heterocycles. The molecule has 1 fully saturated rings. The third-order valence-corrected chi connectivity index (χ3v) is 8.15. The summed E-state index contributed by atoms with van der Waals surface area (Å²) >= 11 is 0. The smallest absolute Gasteiger partial charge is 0.338 e. The van der Waals surface area contributed by atoms with E-state index in [9.17, 15) is 4.79 Å². The minimum atomic E-state index is -0.756. The molecule has 0 bridgehead atoms. The largest absolute Gasteiger partial charge is 0.488 e. The predicted molar refractivity (Wildman–Crippen MR) is 193 cm³/mol. The van der Waals surface area contributed by atoms with Gasteiger partial charge in [-0.3, -0.25) is 4.79 Å². The first-order valence-electron chi connectivity index (χ1n) is 17.1. The van der Waals surface area contributed by atoms with Gasteiger partial charge in [-0.1, -0.05) is 103 Å². The number of hydrogen-bond donors (Lipinski definition) is 0. The topological polar surface area (TPSA) is 89.5 Å². The van der Waals surface area contributed by atoms with Crippen molar-refractivity contribution in [3.05, 3.63) is 160 Å². The van der Waals surface area contributed by atoms with Crippen LogP contribution in [0.15, 0.2) is 121 Å². The average molecular weight is 687 g/mol. The zero-order valence-electron chi connectivity index (χ0n) is 29.1. The van der Waals surface area contributed by atoms with Crippen LogP contribution < -0.4 is 14.2 Å². The number of carbonyl (C=O) groups excluding carboxylic acids is 2. The van der Waals surface area contributed by atoms with Crippen molar-refractivity contribution < 1.29 is 38.3 Å². The molecule has 5 aromatic rings. The number of ketones is 1. The summed E-state index contributed by atoms with van der Waals surface area (Å²) < 4.78 is 25.0. The van der Waals surface area contributed by atoms with E-state index < -0.39 is 23.5 Å². The summed E-state index contributed by atoms with van der Waals surface area (Å²) in [7, 11) is 0. The number of carbonyl (C=O) groups is 2. The van der Waals surface area contributed by atoms with Gasteiger partial charge in [-0.05, 0) is 74.1 Å². The fourth-order valence-corrected chi connectivity index (χ4v) is 5.72. The first kappa shape index (κ1) is 35.4. The summed E-state index contributed by atoms with van der Waals surface area (Å²) in [6.07, 6.45) is 0.894. The Balaban J connectivity index is 1.50. The van der Waals surface area contributed by atoms with Gasteiger partial charge in [0.25, 0.3) is 0 Å². The van der Waals surface area contributed by atoms with Gasteiger partial charge < -0.3 is 18.9 Å². The van der Waals surface area contributed by atoms with E-state index in [1.165, 1.54) is 0 Å². The van der Waals surface area contributed by atoms with E-state index in [-0.39, 0.29) is 42.4 Å². The standard InChI is InChI=1S/C43H42O8/c1-43(2,3)50-42(45)33-25-37(47-28-31-17-9-5-10-18-31)40(38(26-33)48-29-32-19-11-6-12-20-32)41(44)39-34(35-23-14-24-49-51-35)21-13-22-36(39)46-27-30-15-7-4-8-16-30/h4-13,15-22,25-26,35H,14,23-24,27-29H2,1-3H3. The SMILES string of the molecule is CC(C)(C)OC(=O)c1cc(OCc2ccccc2)c(C(=O)c2c(OCc3ccccc3)cccc2C2CCCOO2)c(OCc2ccccc2)c1. The molecule has 8 heteroatoms. The Morgan fingerprint density at radius 2 is 1.16 bits per heavy atom. The summed E-state index contributed by atoms with van der Waals surface area (Å²) in [5.74, 6) is -0.282. The molecule has 0 N–H and O–H groups in total. The Kier molecular flexibility index (Phi) is 11.5. The van der Waals surface area contributed by atoms with Crippen LogP contribution in [-0.4, -0.2) is 24.0 Å². The van der Waals surface area contributed by atoms with Gasteiger partial charge in [-0.25, -0.2) is 14.6 Å². The van der Waals surface area contributed by atoms with Crippen LogP contribution in [0, 0.1) is 0 Å². The highest BCUT2D eigenvalue weighted by Crippen LogP contribution is 2.41. The maximum atomic E-state index is 15.3. The van der Waals surface area contributed by atoms with Crippen LogP contribution in [0.2, 0.25) is 0 Å². The van der Waals surface area contributed by atoms with Crippen molar-refractivity contribution >= 4 is 11.8 Å². The second kappa shape index (κ2) is 16.5. The van der Waals surface area contributed by atoms with Gasteiger partial charge >= 0.3 is 5.97 Å². The third kappa shape index (κ3) is 9.42. The van der Waals surface area contributed by atoms with Crippen molar-refractivity contribution in [1.82, 2.24) is 0 Å². The Labute approximate surface area is 298 Å². The minimum absolute atomic E-state index is 0.135. The number of benzene rings is 5. The lowest BCUT2D eigenvalue weighted by Crippen LogP contribution is -2.24. The van der Waals surface area contributed by atoms with Crippen molar-refractivity contribution in [3.8, 4) is 17.2 Å². The lowest BCUT2D eigenvalue weighted by molar-refractivity contribution is -0.348. The molecule has 262 valence electrons. The molecule has 5 aromatic carbocycles. The first-order valence-corrected chi connectivity index (χ1v) is 17.1. The second-order valence-electron chi connectivity index (χ2n) is 13.3. The molecule has 0 amide bonds. The van der Waals surface area contributed by atoms with Gasteiger partial charge in [0, 0.05) is 0 Å². The minimum Gasteiger partial charge on any atom is -0.488 e. The molecule has 1 atom stereocenters. The van der Waals surface area contributed by atoms with Crippen LogP contribution in [0.4, 0.5) is 0 Å². The van der Waals surface area contributed by atoms with E-state index in [4.69, 9.17) is 28.7 Å². The van der Waals surface area contributed by atoms with Gasteiger partial charge in [0.2, 0.25) is 5.78 Å². The van der Waals surface area contributed by atoms with Crippen LogP contribution >= 0.6 is 0 Å². The maximum absolute atomic E-state index is 15.3.